The Morgan fingerprint density at radius 3 is 2.64 bits per heavy atom. The topological polar surface area (TPSA) is 51.0 Å². The summed E-state index contributed by atoms with van der Waals surface area (Å²) in [6.07, 6.45) is 9.16. The van der Waals surface area contributed by atoms with Crippen LogP contribution in [0.5, 0.6) is 0 Å². The minimum absolute atomic E-state index is 0.0272. The molecule has 1 fully saturated rings. The lowest BCUT2D eigenvalue weighted by molar-refractivity contribution is 0.0743. The van der Waals surface area contributed by atoms with Crippen molar-refractivity contribution in [3.63, 3.8) is 0 Å². The van der Waals surface area contributed by atoms with Gasteiger partial charge in [0, 0.05) is 55.3 Å². The van der Waals surface area contributed by atoms with Gasteiger partial charge in [0.15, 0.2) is 0 Å². The molecule has 1 amide bonds. The van der Waals surface area contributed by atoms with E-state index in [2.05, 4.69) is 23.2 Å². The highest BCUT2D eigenvalue weighted by Gasteiger charge is 2.22. The largest absolute Gasteiger partial charge is 0.339 e. The zero-order valence-electron chi connectivity index (χ0n) is 16.5. The Labute approximate surface area is 166 Å². The van der Waals surface area contributed by atoms with E-state index in [9.17, 15) is 4.79 Å². The summed E-state index contributed by atoms with van der Waals surface area (Å²) in [6, 6.07) is 13.8. The summed E-state index contributed by atoms with van der Waals surface area (Å²) < 4.78 is 2.03. The highest BCUT2D eigenvalue weighted by Crippen LogP contribution is 2.31. The van der Waals surface area contributed by atoms with Crippen molar-refractivity contribution >= 4 is 5.91 Å². The fraction of sp³-hybridized carbons (Fsp3) is 0.348. The number of pyridine rings is 1. The molecular formula is C23H26N4O. The van der Waals surface area contributed by atoms with E-state index in [1.54, 1.807) is 11.1 Å². The van der Waals surface area contributed by atoms with Gasteiger partial charge in [-0.1, -0.05) is 18.2 Å². The molecule has 28 heavy (non-hydrogen) atoms. The van der Waals surface area contributed by atoms with Crippen molar-refractivity contribution in [3.05, 3.63) is 72.3 Å². The van der Waals surface area contributed by atoms with Gasteiger partial charge < -0.3 is 4.90 Å². The van der Waals surface area contributed by atoms with Gasteiger partial charge >= 0.3 is 0 Å². The lowest BCUT2D eigenvalue weighted by Crippen LogP contribution is -2.36. The first kappa shape index (κ1) is 18.4. The number of nitrogens with zero attached hydrogens (tertiary/aromatic N) is 4. The summed E-state index contributed by atoms with van der Waals surface area (Å²) in [7, 11) is 1.85. The Morgan fingerprint density at radius 1 is 1.18 bits per heavy atom. The van der Waals surface area contributed by atoms with Gasteiger partial charge in [-0.3, -0.25) is 14.5 Å². The molecule has 0 N–H and O–H groups in total. The average molecular weight is 374 g/mol. The first-order valence-electron chi connectivity index (χ1n) is 9.90. The Balaban J connectivity index is 1.40. The molecule has 3 aromatic rings. The molecule has 2 heterocycles. The number of carbonyl (C=O) groups is 1. The number of carbonyl (C=O) groups excluding carboxylic acids is 1. The van der Waals surface area contributed by atoms with Crippen LogP contribution < -0.4 is 0 Å². The maximum Gasteiger partial charge on any atom is 0.253 e. The van der Waals surface area contributed by atoms with Gasteiger partial charge in [0.25, 0.3) is 5.91 Å². The van der Waals surface area contributed by atoms with Crippen LogP contribution in [0.2, 0.25) is 0 Å². The number of amides is 1. The number of hydrogen-bond acceptors (Lipinski definition) is 3. The van der Waals surface area contributed by atoms with Gasteiger partial charge in [0.05, 0.1) is 6.20 Å². The third kappa shape index (κ3) is 4.30. The van der Waals surface area contributed by atoms with Crippen LogP contribution in [0.4, 0.5) is 0 Å². The van der Waals surface area contributed by atoms with Crippen molar-refractivity contribution in [1.82, 2.24) is 19.7 Å². The number of rotatable bonds is 7. The Bertz CT molecular complexity index is 929. The number of benzene rings is 1. The number of hydrogen-bond donors (Lipinski definition) is 0. The Hall–Kier alpha value is -2.95. The van der Waals surface area contributed by atoms with E-state index in [0.29, 0.717) is 5.56 Å². The molecule has 0 radical (unpaired) electrons. The molecule has 1 atom stereocenters. The number of aromatic nitrogens is 3. The normalized spacial score (nSPS) is 14.6. The molecule has 1 aromatic carbocycles. The molecule has 1 aliphatic carbocycles. The second kappa shape index (κ2) is 7.97. The molecule has 5 nitrogen and oxygen atoms in total. The summed E-state index contributed by atoms with van der Waals surface area (Å²) in [5, 5.41) is 4.46. The minimum atomic E-state index is 0.0272. The van der Waals surface area contributed by atoms with Crippen LogP contribution in [0.3, 0.4) is 0 Å². The molecule has 144 valence electrons. The zero-order chi connectivity index (χ0) is 19.5. The third-order valence-corrected chi connectivity index (χ3v) is 5.45. The van der Waals surface area contributed by atoms with Crippen LogP contribution >= 0.6 is 0 Å². The summed E-state index contributed by atoms with van der Waals surface area (Å²) in [5.74, 6) is 0.829. The lowest BCUT2D eigenvalue weighted by atomic mass is 10.1. The first-order valence-corrected chi connectivity index (χ1v) is 9.90. The van der Waals surface area contributed by atoms with Gasteiger partial charge in [-0.2, -0.15) is 5.10 Å². The van der Waals surface area contributed by atoms with Gasteiger partial charge in [0.1, 0.15) is 0 Å². The smallest absolute Gasteiger partial charge is 0.253 e. The zero-order valence-corrected chi connectivity index (χ0v) is 16.5. The van der Waals surface area contributed by atoms with Crippen molar-refractivity contribution in [2.45, 2.75) is 38.8 Å². The molecule has 0 spiro atoms. The summed E-state index contributed by atoms with van der Waals surface area (Å²) >= 11 is 0. The Kier molecular flexibility index (Phi) is 5.24. The quantitative estimate of drug-likeness (QED) is 0.627. The SMILES string of the molecule is C[C@@H](Cc1ccccn1)N(C)C(=O)c1ccc(-c2cnn(CC3CC3)c2)cc1. The van der Waals surface area contributed by atoms with Crippen molar-refractivity contribution < 1.29 is 4.79 Å². The Morgan fingerprint density at radius 2 is 1.96 bits per heavy atom. The van der Waals surface area contributed by atoms with Gasteiger partial charge in [0.2, 0.25) is 0 Å². The van der Waals surface area contributed by atoms with Crippen LogP contribution in [0, 0.1) is 5.92 Å². The van der Waals surface area contributed by atoms with Crippen LogP contribution in [-0.4, -0.2) is 38.7 Å². The second-order valence-electron chi connectivity index (χ2n) is 7.76. The average Bonchev–Trinajstić information content (AvgIpc) is 3.42. The molecule has 0 saturated heterocycles. The van der Waals surface area contributed by atoms with Crippen molar-refractivity contribution in [2.24, 2.45) is 5.92 Å². The summed E-state index contributed by atoms with van der Waals surface area (Å²) in [5.41, 5.74) is 3.87. The molecule has 4 rings (SSSR count). The monoisotopic (exact) mass is 374 g/mol. The molecule has 1 saturated carbocycles. The van der Waals surface area contributed by atoms with E-state index in [4.69, 9.17) is 0 Å². The fourth-order valence-corrected chi connectivity index (χ4v) is 3.34. The van der Waals surface area contributed by atoms with Gasteiger partial charge in [-0.15, -0.1) is 0 Å². The van der Waals surface area contributed by atoms with E-state index >= 15 is 0 Å². The molecule has 2 aromatic heterocycles. The first-order chi connectivity index (χ1) is 13.6. The van der Waals surface area contributed by atoms with Crippen molar-refractivity contribution in [3.8, 4) is 11.1 Å². The van der Waals surface area contributed by atoms with Crippen LogP contribution in [-0.2, 0) is 13.0 Å². The van der Waals surface area contributed by atoms with Gasteiger partial charge in [-0.05, 0) is 55.5 Å². The molecular weight excluding hydrogens is 348 g/mol. The highest BCUT2D eigenvalue weighted by atomic mass is 16.2. The van der Waals surface area contributed by atoms with E-state index in [1.165, 1.54) is 12.8 Å². The van der Waals surface area contributed by atoms with Crippen molar-refractivity contribution in [1.29, 1.82) is 0 Å². The molecule has 5 heteroatoms. The third-order valence-electron chi connectivity index (χ3n) is 5.45. The maximum atomic E-state index is 12.8. The predicted octanol–water partition coefficient (Wildman–Crippen LogP) is 4.06. The summed E-state index contributed by atoms with van der Waals surface area (Å²) in [4.78, 5) is 19.0. The second-order valence-corrected chi connectivity index (χ2v) is 7.76. The lowest BCUT2D eigenvalue weighted by Gasteiger charge is -2.25. The van der Waals surface area contributed by atoms with Gasteiger partial charge in [-0.25, -0.2) is 0 Å². The predicted molar refractivity (Wildman–Crippen MR) is 110 cm³/mol. The molecule has 0 unspecified atom stereocenters. The number of likely N-dealkylation sites (N-methyl/N-ethyl adjacent to an activating group) is 1. The van der Waals surface area contributed by atoms with Crippen LogP contribution in [0.25, 0.3) is 11.1 Å². The van der Waals surface area contributed by atoms with E-state index < -0.39 is 0 Å². The fourth-order valence-electron chi connectivity index (χ4n) is 3.34. The molecule has 1 aliphatic rings. The maximum absolute atomic E-state index is 12.8. The van der Waals surface area contributed by atoms with E-state index in [-0.39, 0.29) is 11.9 Å². The van der Waals surface area contributed by atoms with Crippen LogP contribution in [0.15, 0.2) is 61.1 Å². The molecule has 0 aliphatic heterocycles. The van der Waals surface area contributed by atoms with E-state index in [0.717, 1.165) is 35.7 Å². The van der Waals surface area contributed by atoms with E-state index in [1.807, 2.05) is 60.4 Å². The molecule has 0 bridgehead atoms. The van der Waals surface area contributed by atoms with Crippen molar-refractivity contribution in [2.75, 3.05) is 7.05 Å². The standard InChI is InChI=1S/C23H26N4O/c1-17(13-22-5-3-4-12-24-22)26(2)23(28)20-10-8-19(9-11-20)21-14-25-27(16-21)15-18-6-7-18/h3-5,8-12,14,16-18H,6-7,13,15H2,1-2H3/t17-/m0/s1. The summed E-state index contributed by atoms with van der Waals surface area (Å²) in [6.45, 7) is 3.06. The minimum Gasteiger partial charge on any atom is -0.339 e. The highest BCUT2D eigenvalue weighted by molar-refractivity contribution is 5.94. The van der Waals surface area contributed by atoms with Crippen LogP contribution in [0.1, 0.15) is 35.8 Å².